The molecular formula is C15H20ClN. The molecule has 0 aromatic heterocycles. The Bertz CT molecular complexity index is 429. The van der Waals surface area contributed by atoms with Crippen LogP contribution in [0.4, 0.5) is 0 Å². The largest absolute Gasteiger partial charge is 0.316 e. The molecule has 1 fully saturated rings. The Labute approximate surface area is 109 Å². The van der Waals surface area contributed by atoms with Crippen LogP contribution < -0.4 is 5.32 Å². The van der Waals surface area contributed by atoms with Gasteiger partial charge in [0.1, 0.15) is 0 Å². The molecule has 2 aliphatic rings. The van der Waals surface area contributed by atoms with Gasteiger partial charge in [-0.3, -0.25) is 0 Å². The summed E-state index contributed by atoms with van der Waals surface area (Å²) in [5.41, 5.74) is 3.60. The number of aryl methyl sites for hydroxylation is 1. The predicted molar refractivity (Wildman–Crippen MR) is 72.7 cm³/mol. The lowest BCUT2D eigenvalue weighted by Crippen LogP contribution is -2.21. The number of benzene rings is 1. The molecule has 92 valence electrons. The second kappa shape index (κ2) is 4.29. The van der Waals surface area contributed by atoms with E-state index in [0.29, 0.717) is 5.41 Å². The zero-order valence-electron chi connectivity index (χ0n) is 10.4. The number of rotatable bonds is 4. The lowest BCUT2D eigenvalue weighted by Gasteiger charge is -2.12. The van der Waals surface area contributed by atoms with Crippen molar-refractivity contribution >= 4 is 11.6 Å². The van der Waals surface area contributed by atoms with Crippen molar-refractivity contribution in [1.29, 1.82) is 0 Å². The van der Waals surface area contributed by atoms with E-state index in [1.54, 1.807) is 5.56 Å². The van der Waals surface area contributed by atoms with Crippen molar-refractivity contribution in [2.24, 2.45) is 5.92 Å². The molecule has 3 rings (SSSR count). The van der Waals surface area contributed by atoms with Gasteiger partial charge in [0, 0.05) is 10.4 Å². The first-order valence-corrected chi connectivity index (χ1v) is 7.14. The van der Waals surface area contributed by atoms with E-state index in [1.165, 1.54) is 37.8 Å². The Morgan fingerprint density at radius 3 is 3.18 bits per heavy atom. The summed E-state index contributed by atoms with van der Waals surface area (Å²) in [6.45, 7) is 4.57. The third kappa shape index (κ3) is 1.90. The molecular weight excluding hydrogens is 230 g/mol. The van der Waals surface area contributed by atoms with Gasteiger partial charge in [0.25, 0.3) is 0 Å². The molecule has 1 nitrogen and oxygen atoms in total. The Balaban J connectivity index is 1.72. The van der Waals surface area contributed by atoms with Crippen molar-refractivity contribution < 1.29 is 0 Å². The molecule has 2 heteroatoms. The van der Waals surface area contributed by atoms with E-state index in [2.05, 4.69) is 30.4 Å². The lowest BCUT2D eigenvalue weighted by atomic mass is 9.95. The zero-order valence-corrected chi connectivity index (χ0v) is 11.2. The van der Waals surface area contributed by atoms with Crippen molar-refractivity contribution in [3.05, 3.63) is 34.3 Å². The van der Waals surface area contributed by atoms with Crippen molar-refractivity contribution in [3.8, 4) is 0 Å². The van der Waals surface area contributed by atoms with Gasteiger partial charge in [-0.05, 0) is 68.0 Å². The Morgan fingerprint density at radius 2 is 2.35 bits per heavy atom. The molecule has 1 N–H and O–H groups in total. The van der Waals surface area contributed by atoms with E-state index < -0.39 is 0 Å². The molecule has 1 spiro atoms. The molecule has 1 saturated carbocycles. The summed E-state index contributed by atoms with van der Waals surface area (Å²) in [6, 6.07) is 6.49. The highest BCUT2D eigenvalue weighted by Gasteiger charge is 2.57. The molecule has 0 amide bonds. The molecule has 2 atom stereocenters. The summed E-state index contributed by atoms with van der Waals surface area (Å²) in [7, 11) is 0. The maximum absolute atomic E-state index is 6.06. The molecule has 0 bridgehead atoms. The zero-order chi connectivity index (χ0) is 11.9. The van der Waals surface area contributed by atoms with Gasteiger partial charge >= 0.3 is 0 Å². The van der Waals surface area contributed by atoms with Crippen molar-refractivity contribution in [2.45, 2.75) is 38.0 Å². The first kappa shape index (κ1) is 11.6. The number of nitrogens with one attached hydrogen (secondary N) is 1. The second-order valence-electron chi connectivity index (χ2n) is 5.56. The first-order valence-electron chi connectivity index (χ1n) is 6.76. The molecule has 0 radical (unpaired) electrons. The standard InChI is InChI=1S/C15H20ClN/c1-2-7-17-10-12-9-15(12)6-5-11-8-13(16)3-4-14(11)15/h3-4,8,12,17H,2,5-7,9-10H2,1H3. The summed E-state index contributed by atoms with van der Waals surface area (Å²) in [6.07, 6.45) is 5.16. The third-order valence-electron chi connectivity index (χ3n) is 4.49. The van der Waals surface area contributed by atoms with Crippen LogP contribution in [0.25, 0.3) is 0 Å². The average molecular weight is 250 g/mol. The minimum atomic E-state index is 0.515. The summed E-state index contributed by atoms with van der Waals surface area (Å²) >= 11 is 6.06. The van der Waals surface area contributed by atoms with Crippen LogP contribution in [0, 0.1) is 5.92 Å². The van der Waals surface area contributed by atoms with E-state index in [1.807, 2.05) is 0 Å². The van der Waals surface area contributed by atoms with Gasteiger partial charge in [0.05, 0.1) is 0 Å². The highest BCUT2D eigenvalue weighted by atomic mass is 35.5. The van der Waals surface area contributed by atoms with Crippen molar-refractivity contribution in [3.63, 3.8) is 0 Å². The Hall–Kier alpha value is -0.530. The maximum Gasteiger partial charge on any atom is 0.0408 e. The van der Waals surface area contributed by atoms with E-state index in [-0.39, 0.29) is 0 Å². The summed E-state index contributed by atoms with van der Waals surface area (Å²) in [4.78, 5) is 0. The van der Waals surface area contributed by atoms with Crippen LogP contribution in [0.3, 0.4) is 0 Å². The highest BCUT2D eigenvalue weighted by molar-refractivity contribution is 6.30. The van der Waals surface area contributed by atoms with Crippen LogP contribution in [0.2, 0.25) is 5.02 Å². The van der Waals surface area contributed by atoms with Gasteiger partial charge in [0.15, 0.2) is 0 Å². The van der Waals surface area contributed by atoms with Gasteiger partial charge in [-0.15, -0.1) is 0 Å². The molecule has 0 heterocycles. The predicted octanol–water partition coefficient (Wildman–Crippen LogP) is 3.54. The first-order chi connectivity index (χ1) is 8.26. The Kier molecular flexibility index (Phi) is 2.92. The molecule has 0 aliphatic heterocycles. The highest BCUT2D eigenvalue weighted by Crippen LogP contribution is 2.61. The monoisotopic (exact) mass is 249 g/mol. The average Bonchev–Trinajstić information content (AvgIpc) is 2.89. The Morgan fingerprint density at radius 1 is 1.47 bits per heavy atom. The van der Waals surface area contributed by atoms with Gasteiger partial charge in [-0.2, -0.15) is 0 Å². The fourth-order valence-electron chi connectivity index (χ4n) is 3.48. The molecule has 2 aliphatic carbocycles. The summed E-state index contributed by atoms with van der Waals surface area (Å²) in [5, 5.41) is 4.46. The molecule has 0 saturated heterocycles. The second-order valence-corrected chi connectivity index (χ2v) is 6.00. The van der Waals surface area contributed by atoms with Crippen LogP contribution in [-0.4, -0.2) is 13.1 Å². The van der Waals surface area contributed by atoms with Crippen molar-refractivity contribution in [2.75, 3.05) is 13.1 Å². The van der Waals surface area contributed by atoms with E-state index >= 15 is 0 Å². The molecule has 1 aromatic rings. The quantitative estimate of drug-likeness (QED) is 0.805. The van der Waals surface area contributed by atoms with Crippen LogP contribution >= 0.6 is 11.6 Å². The topological polar surface area (TPSA) is 12.0 Å². The van der Waals surface area contributed by atoms with Gasteiger partial charge < -0.3 is 5.32 Å². The van der Waals surface area contributed by atoms with Gasteiger partial charge in [-0.25, -0.2) is 0 Å². The number of hydrogen-bond acceptors (Lipinski definition) is 1. The summed E-state index contributed by atoms with van der Waals surface area (Å²) in [5.74, 6) is 0.858. The van der Waals surface area contributed by atoms with Crippen LogP contribution in [-0.2, 0) is 11.8 Å². The molecule has 17 heavy (non-hydrogen) atoms. The number of halogens is 1. The van der Waals surface area contributed by atoms with Crippen LogP contribution in [0.15, 0.2) is 18.2 Å². The normalized spacial score (nSPS) is 29.6. The summed E-state index contributed by atoms with van der Waals surface area (Å²) < 4.78 is 0. The lowest BCUT2D eigenvalue weighted by molar-refractivity contribution is 0.546. The van der Waals surface area contributed by atoms with Crippen molar-refractivity contribution in [1.82, 2.24) is 5.32 Å². The number of hydrogen-bond donors (Lipinski definition) is 1. The minimum Gasteiger partial charge on any atom is -0.316 e. The van der Waals surface area contributed by atoms with Gasteiger partial charge in [-0.1, -0.05) is 24.6 Å². The van der Waals surface area contributed by atoms with Crippen LogP contribution in [0.1, 0.15) is 37.3 Å². The maximum atomic E-state index is 6.06. The van der Waals surface area contributed by atoms with Crippen LogP contribution in [0.5, 0.6) is 0 Å². The van der Waals surface area contributed by atoms with Gasteiger partial charge in [0.2, 0.25) is 0 Å². The van der Waals surface area contributed by atoms with E-state index in [4.69, 9.17) is 11.6 Å². The fourth-order valence-corrected chi connectivity index (χ4v) is 3.68. The number of fused-ring (bicyclic) bond motifs is 2. The third-order valence-corrected chi connectivity index (χ3v) is 4.73. The molecule has 2 unspecified atom stereocenters. The minimum absolute atomic E-state index is 0.515. The SMILES string of the molecule is CCCNCC1CC12CCc1cc(Cl)ccc12. The smallest absolute Gasteiger partial charge is 0.0408 e. The molecule has 1 aromatic carbocycles. The fraction of sp³-hybridized carbons (Fsp3) is 0.600. The van der Waals surface area contributed by atoms with E-state index in [0.717, 1.165) is 17.5 Å². The van der Waals surface area contributed by atoms with E-state index in [9.17, 15) is 0 Å².